The minimum Gasteiger partial charge on any atom is -0.268 e. The molecule has 5 aromatic rings. The Bertz CT molecular complexity index is 1440. The Balaban J connectivity index is 1.68. The number of halogens is 1. The summed E-state index contributed by atoms with van der Waals surface area (Å²) < 4.78 is 4.69. The van der Waals surface area contributed by atoms with Crippen molar-refractivity contribution in [2.75, 3.05) is 0 Å². The van der Waals surface area contributed by atoms with E-state index < -0.39 is 0 Å². The Hall–Kier alpha value is -2.90. The zero-order valence-corrected chi connectivity index (χ0v) is 19.2. The summed E-state index contributed by atoms with van der Waals surface area (Å²) in [6, 6.07) is 23.9. The van der Waals surface area contributed by atoms with Gasteiger partial charge in [-0.25, -0.2) is 4.57 Å². The van der Waals surface area contributed by atoms with Gasteiger partial charge in [0.1, 0.15) is 0 Å². The van der Waals surface area contributed by atoms with E-state index in [4.69, 9.17) is 0 Å². The van der Waals surface area contributed by atoms with Gasteiger partial charge in [0, 0.05) is 10.2 Å². The number of fused-ring (bicyclic) bond motifs is 3. The lowest BCUT2D eigenvalue weighted by Crippen LogP contribution is -2.21. The first-order valence-corrected chi connectivity index (χ1v) is 11.8. The van der Waals surface area contributed by atoms with Crippen molar-refractivity contribution in [1.82, 2.24) is 19.2 Å². The first kappa shape index (κ1) is 20.0. The van der Waals surface area contributed by atoms with Crippen LogP contribution in [-0.4, -0.2) is 19.2 Å². The Morgan fingerprint density at radius 1 is 0.903 bits per heavy atom. The maximum absolute atomic E-state index is 13.4. The first-order chi connectivity index (χ1) is 15.2. The van der Waals surface area contributed by atoms with E-state index in [1.165, 1.54) is 11.1 Å². The van der Waals surface area contributed by atoms with Gasteiger partial charge < -0.3 is 0 Å². The summed E-state index contributed by atoms with van der Waals surface area (Å²) in [6.07, 6.45) is 0.948. The molecule has 5 rings (SSSR count). The zero-order valence-electron chi connectivity index (χ0n) is 16.8. The van der Waals surface area contributed by atoms with E-state index in [0.717, 1.165) is 33.0 Å². The van der Waals surface area contributed by atoms with Gasteiger partial charge >= 0.3 is 0 Å². The van der Waals surface area contributed by atoms with Gasteiger partial charge in [-0.1, -0.05) is 71.0 Å². The molecule has 0 spiro atoms. The van der Waals surface area contributed by atoms with Gasteiger partial charge in [0.05, 0.1) is 16.6 Å². The second kappa shape index (κ2) is 8.32. The summed E-state index contributed by atoms with van der Waals surface area (Å²) in [5.74, 6) is 1.28. The van der Waals surface area contributed by atoms with Crippen LogP contribution in [0.2, 0.25) is 0 Å². The molecule has 0 fully saturated rings. The number of aromatic nitrogens is 4. The highest BCUT2D eigenvalue weighted by atomic mass is 79.9. The van der Waals surface area contributed by atoms with Gasteiger partial charge in [-0.2, -0.15) is 0 Å². The molecule has 31 heavy (non-hydrogen) atoms. The fourth-order valence-electron chi connectivity index (χ4n) is 3.61. The maximum Gasteiger partial charge on any atom is 0.267 e. The Morgan fingerprint density at radius 3 is 2.35 bits per heavy atom. The molecule has 154 valence electrons. The third-order valence-corrected chi connectivity index (χ3v) is 6.81. The predicted molar refractivity (Wildman–Crippen MR) is 129 cm³/mol. The minimum atomic E-state index is -0.0933. The van der Waals surface area contributed by atoms with Crippen LogP contribution < -0.4 is 5.56 Å². The van der Waals surface area contributed by atoms with Crippen molar-refractivity contribution < 1.29 is 0 Å². The van der Waals surface area contributed by atoms with Crippen molar-refractivity contribution in [3.63, 3.8) is 0 Å². The number of hydrogen-bond donors (Lipinski definition) is 0. The topological polar surface area (TPSA) is 52.2 Å². The van der Waals surface area contributed by atoms with Crippen LogP contribution >= 0.6 is 27.7 Å². The van der Waals surface area contributed by atoms with E-state index in [9.17, 15) is 4.79 Å². The number of nitrogens with zero attached hydrogens (tertiary/aromatic N) is 4. The molecule has 2 aromatic heterocycles. The highest BCUT2D eigenvalue weighted by Gasteiger charge is 2.18. The average molecular weight is 491 g/mol. The largest absolute Gasteiger partial charge is 0.268 e. The molecule has 0 aliphatic heterocycles. The molecular weight excluding hydrogens is 472 g/mol. The lowest BCUT2D eigenvalue weighted by atomic mass is 10.1. The average Bonchev–Trinajstić information content (AvgIpc) is 3.23. The number of hydrogen-bond acceptors (Lipinski definition) is 4. The number of aryl methyl sites for hydroxylation is 1. The molecule has 0 radical (unpaired) electrons. The zero-order chi connectivity index (χ0) is 21.4. The standard InChI is InChI=1S/C24H19BrN4OS/c1-2-16-9-13-19(14-10-16)28-22(30)20-5-3-4-6-21(20)29-23(28)26-27-24(29)31-15-17-7-11-18(25)12-8-17/h3-14H,2,15H2,1H3. The van der Waals surface area contributed by atoms with Crippen LogP contribution in [0.4, 0.5) is 0 Å². The third kappa shape index (κ3) is 3.68. The molecule has 0 aliphatic carbocycles. The number of benzene rings is 3. The van der Waals surface area contributed by atoms with E-state index >= 15 is 0 Å². The SMILES string of the molecule is CCc1ccc(-n2c(=O)c3ccccc3n3c(SCc4ccc(Br)cc4)nnc23)cc1. The van der Waals surface area contributed by atoms with Crippen molar-refractivity contribution in [1.29, 1.82) is 0 Å². The van der Waals surface area contributed by atoms with Crippen molar-refractivity contribution in [3.8, 4) is 5.69 Å². The molecule has 0 bridgehead atoms. The van der Waals surface area contributed by atoms with Crippen LogP contribution in [0.5, 0.6) is 0 Å². The van der Waals surface area contributed by atoms with Gasteiger partial charge in [-0.05, 0) is 53.9 Å². The van der Waals surface area contributed by atoms with E-state index in [1.807, 2.05) is 65.1 Å². The Morgan fingerprint density at radius 2 is 1.61 bits per heavy atom. The summed E-state index contributed by atoms with van der Waals surface area (Å²) in [6.45, 7) is 2.11. The van der Waals surface area contributed by atoms with Crippen molar-refractivity contribution in [2.45, 2.75) is 24.3 Å². The summed E-state index contributed by atoms with van der Waals surface area (Å²) in [5, 5.41) is 10.3. The molecule has 5 nitrogen and oxygen atoms in total. The van der Waals surface area contributed by atoms with Gasteiger partial charge in [0.15, 0.2) is 5.16 Å². The van der Waals surface area contributed by atoms with E-state index in [1.54, 1.807) is 16.3 Å². The number of thioether (sulfide) groups is 1. The summed E-state index contributed by atoms with van der Waals surface area (Å²) in [5.41, 5.74) is 3.92. The van der Waals surface area contributed by atoms with Crippen molar-refractivity contribution in [3.05, 3.63) is 98.7 Å². The Labute approximate surface area is 191 Å². The number of para-hydroxylation sites is 1. The van der Waals surface area contributed by atoms with Gasteiger partial charge in [0.25, 0.3) is 5.56 Å². The fourth-order valence-corrected chi connectivity index (χ4v) is 4.77. The first-order valence-electron chi connectivity index (χ1n) is 10.0. The molecular formula is C24H19BrN4OS. The van der Waals surface area contributed by atoms with Crippen LogP contribution in [0.1, 0.15) is 18.1 Å². The second-order valence-electron chi connectivity index (χ2n) is 7.21. The summed E-state index contributed by atoms with van der Waals surface area (Å²) >= 11 is 5.08. The fraction of sp³-hybridized carbons (Fsp3) is 0.125. The molecule has 0 saturated carbocycles. The highest BCUT2D eigenvalue weighted by molar-refractivity contribution is 9.10. The number of rotatable bonds is 5. The minimum absolute atomic E-state index is 0.0933. The van der Waals surface area contributed by atoms with E-state index in [2.05, 4.69) is 45.2 Å². The smallest absolute Gasteiger partial charge is 0.267 e. The van der Waals surface area contributed by atoms with Gasteiger partial charge in [-0.15, -0.1) is 10.2 Å². The molecule has 2 heterocycles. The lowest BCUT2D eigenvalue weighted by Gasteiger charge is -2.12. The van der Waals surface area contributed by atoms with Gasteiger partial charge in [0.2, 0.25) is 5.78 Å². The molecule has 0 amide bonds. The van der Waals surface area contributed by atoms with Crippen LogP contribution in [0, 0.1) is 0 Å². The molecule has 0 saturated heterocycles. The second-order valence-corrected chi connectivity index (χ2v) is 9.07. The molecule has 0 aliphatic rings. The van der Waals surface area contributed by atoms with Crippen LogP contribution in [0.15, 0.2) is 87.2 Å². The third-order valence-electron chi connectivity index (χ3n) is 5.28. The van der Waals surface area contributed by atoms with E-state index in [-0.39, 0.29) is 5.56 Å². The van der Waals surface area contributed by atoms with Crippen LogP contribution in [0.3, 0.4) is 0 Å². The molecule has 0 unspecified atom stereocenters. The monoisotopic (exact) mass is 490 g/mol. The van der Waals surface area contributed by atoms with Crippen molar-refractivity contribution >= 4 is 44.4 Å². The van der Waals surface area contributed by atoms with E-state index in [0.29, 0.717) is 11.2 Å². The summed E-state index contributed by atoms with van der Waals surface area (Å²) in [7, 11) is 0. The summed E-state index contributed by atoms with van der Waals surface area (Å²) in [4.78, 5) is 13.4. The maximum atomic E-state index is 13.4. The quantitative estimate of drug-likeness (QED) is 0.298. The highest BCUT2D eigenvalue weighted by Crippen LogP contribution is 2.26. The van der Waals surface area contributed by atoms with Crippen molar-refractivity contribution in [2.24, 2.45) is 0 Å². The predicted octanol–water partition coefficient (Wildman–Crippen LogP) is 5.65. The van der Waals surface area contributed by atoms with Gasteiger partial charge in [-0.3, -0.25) is 9.20 Å². The molecule has 7 heteroatoms. The normalized spacial score (nSPS) is 11.4. The Kier molecular flexibility index (Phi) is 5.38. The van der Waals surface area contributed by atoms with Crippen LogP contribution in [0.25, 0.3) is 22.4 Å². The molecule has 3 aromatic carbocycles. The lowest BCUT2D eigenvalue weighted by molar-refractivity contribution is 0.930. The molecule has 0 N–H and O–H groups in total. The van der Waals surface area contributed by atoms with Crippen LogP contribution in [-0.2, 0) is 12.2 Å². The molecule has 0 atom stereocenters.